The molecule has 0 saturated heterocycles. The first-order valence-electron chi connectivity index (χ1n) is 11.0. The Morgan fingerprint density at radius 2 is 1.91 bits per heavy atom. The first-order valence-corrected chi connectivity index (χ1v) is 11.0. The van der Waals surface area contributed by atoms with Crippen LogP contribution < -0.4 is 15.6 Å². The fraction of sp³-hybridized carbons (Fsp3) is 0.192. The zero-order valence-corrected chi connectivity index (χ0v) is 18.9. The number of carbonyl (C=O) groups excluding carboxylic acids is 1. The number of pyridine rings is 1. The van der Waals surface area contributed by atoms with E-state index >= 15 is 0 Å². The molecule has 2 heterocycles. The van der Waals surface area contributed by atoms with Gasteiger partial charge in [-0.2, -0.15) is 5.26 Å². The van der Waals surface area contributed by atoms with Crippen LogP contribution in [0.15, 0.2) is 71.7 Å². The summed E-state index contributed by atoms with van der Waals surface area (Å²) in [7, 11) is 0. The number of benzene rings is 2. The number of nitrogens with zero attached hydrogens (tertiary/aromatic N) is 3. The topological polar surface area (TPSA) is 130 Å². The third-order valence-electron chi connectivity index (χ3n) is 5.10. The lowest BCUT2D eigenvalue weighted by Gasteiger charge is -2.09. The fourth-order valence-electron chi connectivity index (χ4n) is 3.32. The van der Waals surface area contributed by atoms with Gasteiger partial charge in [0.15, 0.2) is 5.82 Å². The molecule has 0 aliphatic heterocycles. The van der Waals surface area contributed by atoms with Crippen LogP contribution in [0, 0.1) is 11.3 Å². The number of amides is 1. The Morgan fingerprint density at radius 1 is 1.06 bits per heavy atom. The standard InChI is InChI=1S/C26H23N5O4/c27-15-19-7-8-22-21(13-19)25(32)31-24(30-22)26(33)29-16-20-9-10-28-23(14-20)35-12-4-11-34-17-18-5-2-1-3-6-18/h1-3,5-10,13-14H,4,11-12,16-17H2,(H,29,33)(H,30,31,32). The molecule has 0 radical (unpaired) electrons. The number of H-pyrrole nitrogens is 1. The van der Waals surface area contributed by atoms with Gasteiger partial charge in [-0.3, -0.25) is 9.59 Å². The number of rotatable bonds is 10. The van der Waals surface area contributed by atoms with Crippen LogP contribution in [-0.2, 0) is 17.9 Å². The van der Waals surface area contributed by atoms with Crippen molar-refractivity contribution in [3.05, 3.63) is 99.7 Å². The van der Waals surface area contributed by atoms with Crippen molar-refractivity contribution in [3.63, 3.8) is 0 Å². The number of nitrogens with one attached hydrogen (secondary N) is 2. The van der Waals surface area contributed by atoms with Crippen molar-refractivity contribution >= 4 is 16.8 Å². The van der Waals surface area contributed by atoms with E-state index in [4.69, 9.17) is 14.7 Å². The number of carbonyl (C=O) groups is 1. The van der Waals surface area contributed by atoms with Crippen LogP contribution in [0.5, 0.6) is 5.88 Å². The predicted octanol–water partition coefficient (Wildman–Crippen LogP) is 3.11. The number of hydrogen-bond donors (Lipinski definition) is 2. The van der Waals surface area contributed by atoms with Crippen LogP contribution in [0.4, 0.5) is 0 Å². The predicted molar refractivity (Wildman–Crippen MR) is 129 cm³/mol. The molecule has 1 amide bonds. The van der Waals surface area contributed by atoms with Gasteiger partial charge in [0.2, 0.25) is 5.88 Å². The molecule has 9 nitrogen and oxygen atoms in total. The van der Waals surface area contributed by atoms with Crippen molar-refractivity contribution in [1.82, 2.24) is 20.3 Å². The van der Waals surface area contributed by atoms with E-state index in [0.717, 1.165) is 11.1 Å². The molecule has 2 N–H and O–H groups in total. The smallest absolute Gasteiger partial charge is 0.287 e. The molecule has 0 unspecified atom stereocenters. The highest BCUT2D eigenvalue weighted by molar-refractivity contribution is 5.92. The lowest BCUT2D eigenvalue weighted by atomic mass is 10.1. The molecule has 0 saturated carbocycles. The van der Waals surface area contributed by atoms with Crippen molar-refractivity contribution in [3.8, 4) is 11.9 Å². The first-order chi connectivity index (χ1) is 17.1. The number of nitriles is 1. The Hall–Kier alpha value is -4.55. The summed E-state index contributed by atoms with van der Waals surface area (Å²) < 4.78 is 11.3. The summed E-state index contributed by atoms with van der Waals surface area (Å²) in [6, 6.07) is 20.0. The van der Waals surface area contributed by atoms with Gasteiger partial charge in [0, 0.05) is 25.2 Å². The Balaban J connectivity index is 1.26. The zero-order valence-electron chi connectivity index (χ0n) is 18.9. The number of fused-ring (bicyclic) bond motifs is 1. The SMILES string of the molecule is N#Cc1ccc2nc(C(=O)NCc3ccnc(OCCCOCc4ccccc4)c3)[nH]c(=O)c2c1. The van der Waals surface area contributed by atoms with E-state index in [2.05, 4.69) is 20.3 Å². The van der Waals surface area contributed by atoms with Gasteiger partial charge in [0.25, 0.3) is 11.5 Å². The summed E-state index contributed by atoms with van der Waals surface area (Å²) in [4.78, 5) is 35.7. The van der Waals surface area contributed by atoms with E-state index in [1.165, 1.54) is 6.07 Å². The van der Waals surface area contributed by atoms with E-state index in [1.54, 1.807) is 30.5 Å². The van der Waals surface area contributed by atoms with E-state index in [9.17, 15) is 9.59 Å². The molecule has 0 bridgehead atoms. The Kier molecular flexibility index (Phi) is 7.78. The molecule has 2 aromatic carbocycles. The third kappa shape index (κ3) is 6.50. The highest BCUT2D eigenvalue weighted by Crippen LogP contribution is 2.11. The van der Waals surface area contributed by atoms with Crippen LogP contribution in [0.1, 0.15) is 33.7 Å². The molecule has 0 atom stereocenters. The van der Waals surface area contributed by atoms with Crippen LogP contribution in [0.2, 0.25) is 0 Å². The molecular formula is C26H23N5O4. The van der Waals surface area contributed by atoms with E-state index in [1.807, 2.05) is 36.4 Å². The van der Waals surface area contributed by atoms with Crippen molar-refractivity contribution < 1.29 is 14.3 Å². The largest absolute Gasteiger partial charge is 0.478 e. The van der Waals surface area contributed by atoms with Gasteiger partial charge in [-0.05, 0) is 35.4 Å². The molecule has 4 aromatic rings. The molecular weight excluding hydrogens is 446 g/mol. The molecule has 176 valence electrons. The van der Waals surface area contributed by atoms with Crippen LogP contribution >= 0.6 is 0 Å². The van der Waals surface area contributed by atoms with Crippen LogP contribution in [-0.4, -0.2) is 34.1 Å². The van der Waals surface area contributed by atoms with Gasteiger partial charge in [-0.25, -0.2) is 9.97 Å². The minimum Gasteiger partial charge on any atom is -0.478 e. The van der Waals surface area contributed by atoms with Gasteiger partial charge >= 0.3 is 0 Å². The van der Waals surface area contributed by atoms with Crippen LogP contribution in [0.3, 0.4) is 0 Å². The van der Waals surface area contributed by atoms with E-state index in [-0.39, 0.29) is 17.8 Å². The highest BCUT2D eigenvalue weighted by Gasteiger charge is 2.12. The second-order valence-electron chi connectivity index (χ2n) is 7.68. The van der Waals surface area contributed by atoms with Crippen molar-refractivity contribution in [1.29, 1.82) is 5.26 Å². The monoisotopic (exact) mass is 469 g/mol. The quantitative estimate of drug-likeness (QED) is 0.341. The van der Waals surface area contributed by atoms with Crippen molar-refractivity contribution in [2.45, 2.75) is 19.6 Å². The highest BCUT2D eigenvalue weighted by atomic mass is 16.5. The zero-order chi connectivity index (χ0) is 24.5. The number of aromatic nitrogens is 3. The average molecular weight is 470 g/mol. The van der Waals surface area contributed by atoms with Crippen molar-refractivity contribution in [2.24, 2.45) is 0 Å². The minimum atomic E-state index is -0.525. The molecule has 0 spiro atoms. The normalized spacial score (nSPS) is 10.6. The Bertz CT molecular complexity index is 1410. The average Bonchev–Trinajstić information content (AvgIpc) is 2.90. The Labute approximate surface area is 201 Å². The summed E-state index contributed by atoms with van der Waals surface area (Å²) in [6.07, 6.45) is 2.32. The maximum absolute atomic E-state index is 12.5. The van der Waals surface area contributed by atoms with Gasteiger partial charge in [-0.15, -0.1) is 0 Å². The summed E-state index contributed by atoms with van der Waals surface area (Å²) in [5.74, 6) is -0.179. The van der Waals surface area contributed by atoms with Gasteiger partial charge in [0.1, 0.15) is 0 Å². The van der Waals surface area contributed by atoms with Crippen molar-refractivity contribution in [2.75, 3.05) is 13.2 Å². The number of ether oxygens (including phenoxy) is 2. The summed E-state index contributed by atoms with van der Waals surface area (Å²) >= 11 is 0. The molecule has 0 aliphatic rings. The molecule has 2 aromatic heterocycles. The molecule has 4 rings (SSSR count). The summed E-state index contributed by atoms with van der Waals surface area (Å²) in [5, 5.41) is 12.0. The van der Waals surface area contributed by atoms with Gasteiger partial charge < -0.3 is 19.8 Å². The third-order valence-corrected chi connectivity index (χ3v) is 5.10. The van der Waals surface area contributed by atoms with Gasteiger partial charge in [-0.1, -0.05) is 30.3 Å². The molecule has 9 heteroatoms. The Morgan fingerprint density at radius 3 is 2.74 bits per heavy atom. The van der Waals surface area contributed by atoms with Gasteiger partial charge in [0.05, 0.1) is 42.4 Å². The molecule has 0 fully saturated rings. The second-order valence-corrected chi connectivity index (χ2v) is 7.68. The maximum atomic E-state index is 12.5. The summed E-state index contributed by atoms with van der Waals surface area (Å²) in [5.41, 5.74) is 2.11. The summed E-state index contributed by atoms with van der Waals surface area (Å²) in [6.45, 7) is 1.78. The first kappa shape index (κ1) is 23.6. The second kappa shape index (κ2) is 11.5. The molecule has 0 aliphatic carbocycles. The number of aromatic amines is 1. The lowest BCUT2D eigenvalue weighted by Crippen LogP contribution is -2.27. The number of hydrogen-bond acceptors (Lipinski definition) is 7. The fourth-order valence-corrected chi connectivity index (χ4v) is 3.32. The van der Waals surface area contributed by atoms with E-state index < -0.39 is 11.5 Å². The van der Waals surface area contributed by atoms with Crippen LogP contribution in [0.25, 0.3) is 10.9 Å². The molecule has 35 heavy (non-hydrogen) atoms. The minimum absolute atomic E-state index is 0.103. The maximum Gasteiger partial charge on any atom is 0.287 e. The van der Waals surface area contributed by atoms with E-state index in [0.29, 0.717) is 43.2 Å². The lowest BCUT2D eigenvalue weighted by molar-refractivity contribution is 0.0940.